The fourth-order valence-electron chi connectivity index (χ4n) is 3.77. The number of likely N-dealkylation sites (tertiary alicyclic amines) is 1. The van der Waals surface area contributed by atoms with E-state index in [1.807, 2.05) is 0 Å². The van der Waals surface area contributed by atoms with Gasteiger partial charge in [0.1, 0.15) is 5.69 Å². The topological polar surface area (TPSA) is 71.5 Å². The molecule has 0 bridgehead atoms. The van der Waals surface area contributed by atoms with Crippen LogP contribution in [0.4, 0.5) is 50.0 Å². The van der Waals surface area contributed by atoms with Crippen LogP contribution in [0.5, 0.6) is 0 Å². The number of amides is 2. The first-order valence-electron chi connectivity index (χ1n) is 9.46. The van der Waals surface area contributed by atoms with E-state index in [2.05, 4.69) is 15.0 Å². The van der Waals surface area contributed by atoms with E-state index < -0.39 is 53.7 Å². The van der Waals surface area contributed by atoms with E-state index in [4.69, 9.17) is 0 Å². The van der Waals surface area contributed by atoms with Crippen molar-refractivity contribution in [1.82, 2.24) is 9.88 Å². The molecule has 1 aromatic rings. The number of nitrogens with zero attached hydrogens (tertiary/aromatic N) is 2. The van der Waals surface area contributed by atoms with Crippen LogP contribution in [0.1, 0.15) is 25.0 Å². The van der Waals surface area contributed by atoms with Crippen LogP contribution in [0, 0.1) is 11.3 Å². The Kier molecular flexibility index (Phi) is 6.21. The van der Waals surface area contributed by atoms with Gasteiger partial charge >= 0.3 is 24.6 Å². The molecule has 2 heterocycles. The van der Waals surface area contributed by atoms with E-state index in [1.54, 1.807) is 0 Å². The van der Waals surface area contributed by atoms with Crippen molar-refractivity contribution in [3.63, 3.8) is 0 Å². The maximum absolute atomic E-state index is 12.6. The number of rotatable bonds is 3. The van der Waals surface area contributed by atoms with Crippen LogP contribution in [0.15, 0.2) is 18.3 Å². The molecule has 1 aromatic heterocycles. The molecule has 1 aliphatic carbocycles. The van der Waals surface area contributed by atoms with Gasteiger partial charge in [0.2, 0.25) is 5.91 Å². The number of hydrogen-bond donors (Lipinski definition) is 1. The van der Waals surface area contributed by atoms with Crippen molar-refractivity contribution in [1.29, 1.82) is 0 Å². The van der Waals surface area contributed by atoms with Crippen LogP contribution in [0.3, 0.4) is 0 Å². The predicted octanol–water partition coefficient (Wildman–Crippen LogP) is 4.77. The normalized spacial score (nSPS) is 20.7. The van der Waals surface area contributed by atoms with Gasteiger partial charge in [-0.2, -0.15) is 39.5 Å². The molecule has 0 aromatic carbocycles. The molecule has 2 fully saturated rings. The summed E-state index contributed by atoms with van der Waals surface area (Å²) in [7, 11) is 0. The molecule has 15 heteroatoms. The zero-order chi connectivity index (χ0) is 24.8. The Hall–Kier alpha value is -2.74. The van der Waals surface area contributed by atoms with Crippen LogP contribution in [-0.2, 0) is 15.7 Å². The van der Waals surface area contributed by atoms with E-state index in [1.165, 1.54) is 0 Å². The second-order valence-electron chi connectivity index (χ2n) is 7.87. The number of anilines is 1. The van der Waals surface area contributed by atoms with Gasteiger partial charge in [-0.15, -0.1) is 0 Å². The summed E-state index contributed by atoms with van der Waals surface area (Å²) >= 11 is 0. The molecular weight excluding hydrogens is 477 g/mol. The minimum absolute atomic E-state index is 0.0291. The Labute approximate surface area is 180 Å². The Balaban J connectivity index is 1.53. The molecule has 0 radical (unpaired) electrons. The zero-order valence-corrected chi connectivity index (χ0v) is 16.4. The molecule has 2 amide bonds. The largest absolute Gasteiger partial charge is 0.434 e. The lowest BCUT2D eigenvalue weighted by Crippen LogP contribution is -2.49. The molecule has 1 spiro atoms. The first-order valence-corrected chi connectivity index (χ1v) is 9.46. The Morgan fingerprint density at radius 2 is 1.61 bits per heavy atom. The van der Waals surface area contributed by atoms with Crippen molar-refractivity contribution in [3.05, 3.63) is 24.0 Å². The second-order valence-corrected chi connectivity index (χ2v) is 7.87. The van der Waals surface area contributed by atoms with Crippen molar-refractivity contribution in [2.45, 2.75) is 43.9 Å². The Bertz CT molecular complexity index is 875. The number of hydrogen-bond acceptors (Lipinski definition) is 4. The minimum Gasteiger partial charge on any atom is -0.426 e. The monoisotopic (exact) mass is 493 g/mol. The van der Waals surface area contributed by atoms with Gasteiger partial charge in [0.05, 0.1) is 11.9 Å². The smallest absolute Gasteiger partial charge is 0.426 e. The van der Waals surface area contributed by atoms with Gasteiger partial charge in [0, 0.05) is 19.0 Å². The quantitative estimate of drug-likeness (QED) is 0.616. The van der Waals surface area contributed by atoms with Crippen molar-refractivity contribution >= 4 is 17.7 Å². The highest BCUT2D eigenvalue weighted by molar-refractivity contribution is 5.95. The van der Waals surface area contributed by atoms with Gasteiger partial charge in [-0.05, 0) is 36.8 Å². The maximum Gasteiger partial charge on any atom is 0.434 e. The van der Waals surface area contributed by atoms with Crippen LogP contribution < -0.4 is 5.32 Å². The molecule has 184 valence electrons. The SMILES string of the molecule is O=C(Nc1ccc(C(F)(F)F)nc1)[C@H]1CC12CCN(C(=O)OC(C(F)(F)F)C(F)(F)F)CC2. The van der Waals surface area contributed by atoms with Crippen LogP contribution in [-0.4, -0.2) is 53.4 Å². The number of halogens is 9. The lowest BCUT2D eigenvalue weighted by molar-refractivity contribution is -0.308. The van der Waals surface area contributed by atoms with Gasteiger partial charge in [-0.25, -0.2) is 9.78 Å². The number of nitrogens with one attached hydrogen (secondary N) is 1. The number of carbonyl (C=O) groups is 2. The highest BCUT2D eigenvalue weighted by atomic mass is 19.4. The first kappa shape index (κ1) is 24.9. The molecule has 2 aliphatic rings. The van der Waals surface area contributed by atoms with E-state index in [9.17, 15) is 49.1 Å². The molecule has 1 N–H and O–H groups in total. The third-order valence-electron chi connectivity index (χ3n) is 5.66. The summed E-state index contributed by atoms with van der Waals surface area (Å²) < 4.78 is 117. The lowest BCUT2D eigenvalue weighted by atomic mass is 9.91. The number of pyridine rings is 1. The summed E-state index contributed by atoms with van der Waals surface area (Å²) in [5.41, 5.74) is -1.71. The maximum atomic E-state index is 12.6. The van der Waals surface area contributed by atoms with Crippen molar-refractivity contribution in [2.24, 2.45) is 11.3 Å². The third kappa shape index (κ3) is 5.61. The van der Waals surface area contributed by atoms with Crippen molar-refractivity contribution in [2.75, 3.05) is 18.4 Å². The van der Waals surface area contributed by atoms with E-state index >= 15 is 0 Å². The van der Waals surface area contributed by atoms with Crippen molar-refractivity contribution < 1.29 is 53.8 Å². The number of alkyl halides is 9. The molecule has 1 aliphatic heterocycles. The zero-order valence-electron chi connectivity index (χ0n) is 16.4. The predicted molar refractivity (Wildman–Crippen MR) is 91.6 cm³/mol. The molecule has 0 unspecified atom stereocenters. The first-order chi connectivity index (χ1) is 15.0. The van der Waals surface area contributed by atoms with Crippen molar-refractivity contribution in [3.8, 4) is 0 Å². The average Bonchev–Trinajstić information content (AvgIpc) is 3.38. The molecule has 1 atom stereocenters. The summed E-state index contributed by atoms with van der Waals surface area (Å²) in [6.07, 6.45) is -20.8. The van der Waals surface area contributed by atoms with E-state index in [0.29, 0.717) is 17.4 Å². The number of ether oxygens (including phenoxy) is 1. The number of carbonyl (C=O) groups excluding carboxylic acids is 2. The van der Waals surface area contributed by atoms with Crippen LogP contribution in [0.25, 0.3) is 0 Å². The van der Waals surface area contributed by atoms with Gasteiger partial charge in [0.15, 0.2) is 0 Å². The highest BCUT2D eigenvalue weighted by Crippen LogP contribution is 2.59. The average molecular weight is 493 g/mol. The van der Waals surface area contributed by atoms with Gasteiger partial charge in [-0.3, -0.25) is 4.79 Å². The van der Waals surface area contributed by atoms with Gasteiger partial charge < -0.3 is 15.0 Å². The minimum atomic E-state index is -5.82. The number of piperidine rings is 1. The van der Waals surface area contributed by atoms with Gasteiger partial charge in [-0.1, -0.05) is 0 Å². The molecule has 33 heavy (non-hydrogen) atoms. The molecule has 6 nitrogen and oxygen atoms in total. The molecule has 1 saturated heterocycles. The fourth-order valence-corrected chi connectivity index (χ4v) is 3.77. The lowest BCUT2D eigenvalue weighted by Gasteiger charge is -2.33. The summed E-state index contributed by atoms with van der Waals surface area (Å²) in [5.74, 6) is -1.09. The highest BCUT2D eigenvalue weighted by Gasteiger charge is 2.61. The van der Waals surface area contributed by atoms with E-state index in [0.717, 1.165) is 12.3 Å². The molecule has 3 rings (SSSR count). The van der Waals surface area contributed by atoms with Crippen LogP contribution >= 0.6 is 0 Å². The van der Waals surface area contributed by atoms with Crippen LogP contribution in [0.2, 0.25) is 0 Å². The summed E-state index contributed by atoms with van der Waals surface area (Å²) in [6.45, 7) is -0.431. The summed E-state index contributed by atoms with van der Waals surface area (Å²) in [5, 5.41) is 2.42. The number of aromatic nitrogens is 1. The third-order valence-corrected chi connectivity index (χ3v) is 5.66. The summed E-state index contributed by atoms with van der Waals surface area (Å²) in [4.78, 5) is 28.1. The fraction of sp³-hybridized carbons (Fsp3) is 0.611. The Morgan fingerprint density at radius 3 is 2.06 bits per heavy atom. The second kappa shape index (κ2) is 8.24. The summed E-state index contributed by atoms with van der Waals surface area (Å²) in [6, 6.07) is 1.72. The molecule has 1 saturated carbocycles. The van der Waals surface area contributed by atoms with Gasteiger partial charge in [0.25, 0.3) is 6.10 Å². The molecular formula is C18H16F9N3O3. The van der Waals surface area contributed by atoms with E-state index in [-0.39, 0.29) is 31.6 Å². The standard InChI is InChI=1S/C18H16F9N3O3/c19-16(20,21)11-2-1-9(8-28-11)29-12(31)10-7-15(10)3-5-30(6-4-15)14(32)33-13(17(22,23)24)18(25,26)27/h1-2,8,10,13H,3-7H2,(H,29,31)/t10-/m1/s1. The Morgan fingerprint density at radius 1 is 1.03 bits per heavy atom.